The van der Waals surface area contributed by atoms with Crippen LogP contribution in [0.1, 0.15) is 29.4 Å². The van der Waals surface area contributed by atoms with Gasteiger partial charge in [0.15, 0.2) is 11.0 Å². The molecule has 0 aromatic carbocycles. The van der Waals surface area contributed by atoms with E-state index >= 15 is 0 Å². The van der Waals surface area contributed by atoms with Gasteiger partial charge >= 0.3 is 0 Å². The van der Waals surface area contributed by atoms with Crippen molar-refractivity contribution in [2.45, 2.75) is 32.4 Å². The maximum absolute atomic E-state index is 6.04. The molecule has 1 aliphatic heterocycles. The maximum Gasteiger partial charge on any atom is 0.155 e. The van der Waals surface area contributed by atoms with Crippen molar-refractivity contribution >= 4 is 17.4 Å². The van der Waals surface area contributed by atoms with E-state index in [1.165, 1.54) is 6.33 Å². The van der Waals surface area contributed by atoms with E-state index in [0.29, 0.717) is 5.15 Å². The zero-order valence-electron chi connectivity index (χ0n) is 12.2. The molecule has 1 N–H and O–H groups in total. The Morgan fingerprint density at radius 2 is 2.14 bits per heavy atom. The summed E-state index contributed by atoms with van der Waals surface area (Å²) in [7, 11) is 1.72. The molecule has 1 aliphatic rings. The van der Waals surface area contributed by atoms with Crippen molar-refractivity contribution in [2.75, 3.05) is 18.6 Å². The Morgan fingerprint density at radius 1 is 1.33 bits per heavy atom. The summed E-state index contributed by atoms with van der Waals surface area (Å²) in [5.74, 6) is 1.63. The first-order chi connectivity index (χ1) is 10.1. The lowest BCUT2D eigenvalue weighted by atomic mass is 10.1. The first kappa shape index (κ1) is 14.2. The Balaban J connectivity index is 2.01. The van der Waals surface area contributed by atoms with Crippen molar-refractivity contribution in [3.8, 4) is 0 Å². The number of aromatic nitrogens is 5. The van der Waals surface area contributed by atoms with Crippen LogP contribution in [0, 0.1) is 13.8 Å². The van der Waals surface area contributed by atoms with Crippen molar-refractivity contribution in [2.24, 2.45) is 0 Å². The van der Waals surface area contributed by atoms with Crippen molar-refractivity contribution in [3.05, 3.63) is 28.4 Å². The van der Waals surface area contributed by atoms with E-state index in [1.807, 2.05) is 13.8 Å². The summed E-state index contributed by atoms with van der Waals surface area (Å²) < 4.78 is 5.51. The van der Waals surface area contributed by atoms with Gasteiger partial charge in [0.1, 0.15) is 12.2 Å². The van der Waals surface area contributed by atoms with Gasteiger partial charge in [-0.2, -0.15) is 5.10 Å². The van der Waals surface area contributed by atoms with Gasteiger partial charge in [0.25, 0.3) is 0 Å². The molecule has 0 amide bonds. The molecule has 3 heterocycles. The average Bonchev–Trinajstić information content (AvgIpc) is 3.13. The Kier molecular flexibility index (Phi) is 3.77. The number of hydrogen-bond acceptors (Lipinski definition) is 6. The fourth-order valence-corrected chi connectivity index (χ4v) is 2.85. The summed E-state index contributed by atoms with van der Waals surface area (Å²) in [5, 5.41) is 15.6. The molecule has 2 aromatic heterocycles. The Morgan fingerprint density at radius 3 is 2.81 bits per heavy atom. The number of halogens is 1. The molecule has 2 aromatic rings. The van der Waals surface area contributed by atoms with Gasteiger partial charge in [-0.25, -0.2) is 4.98 Å². The second kappa shape index (κ2) is 5.57. The van der Waals surface area contributed by atoms with Crippen LogP contribution in [0.4, 0.5) is 5.82 Å². The number of nitrogens with one attached hydrogen (secondary N) is 1. The number of methoxy groups -OCH3 is 1. The lowest BCUT2D eigenvalue weighted by molar-refractivity contribution is 0.118. The largest absolute Gasteiger partial charge is 0.380 e. The van der Waals surface area contributed by atoms with Gasteiger partial charge in [-0.15, -0.1) is 10.2 Å². The first-order valence-corrected chi connectivity index (χ1v) is 7.13. The van der Waals surface area contributed by atoms with Crippen LogP contribution in [0.5, 0.6) is 0 Å². The van der Waals surface area contributed by atoms with Crippen LogP contribution in [-0.4, -0.2) is 45.1 Å². The highest BCUT2D eigenvalue weighted by Crippen LogP contribution is 2.37. The van der Waals surface area contributed by atoms with Crippen LogP contribution in [0.2, 0.25) is 5.15 Å². The Hall–Kier alpha value is -1.73. The van der Waals surface area contributed by atoms with Crippen molar-refractivity contribution in [3.63, 3.8) is 0 Å². The van der Waals surface area contributed by atoms with Crippen molar-refractivity contribution in [1.29, 1.82) is 0 Å². The van der Waals surface area contributed by atoms with Crippen LogP contribution in [0.15, 0.2) is 6.33 Å². The smallest absolute Gasteiger partial charge is 0.155 e. The lowest BCUT2D eigenvalue weighted by Gasteiger charge is -2.25. The number of hydrogen-bond donors (Lipinski definition) is 1. The molecule has 0 saturated carbocycles. The predicted molar refractivity (Wildman–Crippen MR) is 78.4 cm³/mol. The minimum Gasteiger partial charge on any atom is -0.380 e. The van der Waals surface area contributed by atoms with Gasteiger partial charge in [0.2, 0.25) is 0 Å². The number of aromatic amines is 1. The molecule has 21 heavy (non-hydrogen) atoms. The summed E-state index contributed by atoms with van der Waals surface area (Å²) >= 11 is 6.04. The van der Waals surface area contributed by atoms with E-state index in [4.69, 9.17) is 16.3 Å². The monoisotopic (exact) mass is 308 g/mol. The summed E-state index contributed by atoms with van der Waals surface area (Å²) in [6.45, 7) is 4.68. The number of ether oxygens (including phenoxy) is 1. The average molecular weight is 309 g/mol. The third-order valence-corrected chi connectivity index (χ3v) is 4.42. The quantitative estimate of drug-likeness (QED) is 0.932. The third kappa shape index (κ3) is 2.47. The summed E-state index contributed by atoms with van der Waals surface area (Å²) in [4.78, 5) is 6.43. The van der Waals surface area contributed by atoms with Gasteiger partial charge in [0.05, 0.1) is 12.1 Å². The van der Waals surface area contributed by atoms with Crippen LogP contribution in [0.25, 0.3) is 0 Å². The number of rotatable bonds is 3. The molecule has 7 nitrogen and oxygen atoms in total. The number of H-pyrrole nitrogens is 1. The summed E-state index contributed by atoms with van der Waals surface area (Å²) in [6, 6.07) is 0.0472. The fraction of sp³-hybridized carbons (Fsp3) is 0.538. The van der Waals surface area contributed by atoms with E-state index in [0.717, 1.165) is 35.7 Å². The molecule has 112 valence electrons. The van der Waals surface area contributed by atoms with Crippen molar-refractivity contribution < 1.29 is 4.74 Å². The first-order valence-electron chi connectivity index (χ1n) is 6.76. The van der Waals surface area contributed by atoms with E-state index in [9.17, 15) is 0 Å². The zero-order valence-corrected chi connectivity index (χ0v) is 12.9. The van der Waals surface area contributed by atoms with Crippen LogP contribution >= 0.6 is 11.6 Å². The topological polar surface area (TPSA) is 79.8 Å². The van der Waals surface area contributed by atoms with E-state index in [1.54, 1.807) is 7.11 Å². The van der Waals surface area contributed by atoms with Gasteiger partial charge in [-0.1, -0.05) is 11.6 Å². The molecular formula is C13H17ClN6O. The van der Waals surface area contributed by atoms with E-state index < -0.39 is 0 Å². The van der Waals surface area contributed by atoms with Gasteiger partial charge in [0, 0.05) is 20.1 Å². The van der Waals surface area contributed by atoms with Gasteiger partial charge in [-0.3, -0.25) is 5.10 Å². The fourth-order valence-electron chi connectivity index (χ4n) is 2.67. The van der Waals surface area contributed by atoms with Crippen molar-refractivity contribution in [1.82, 2.24) is 25.4 Å². The molecule has 0 spiro atoms. The molecule has 0 unspecified atom stereocenters. The normalized spacial score (nSPS) is 22.0. The minimum absolute atomic E-state index is 0.0472. The van der Waals surface area contributed by atoms with E-state index in [2.05, 4.69) is 30.3 Å². The number of nitrogens with zero attached hydrogens (tertiary/aromatic N) is 5. The number of anilines is 1. The molecule has 1 saturated heterocycles. The SMILES string of the molecule is CO[C@@H]1C[C@@H](c2ncn[nH]2)N(c2nnc(Cl)c(C)c2C)C1. The highest BCUT2D eigenvalue weighted by molar-refractivity contribution is 6.30. The predicted octanol–water partition coefficient (Wildman–Crippen LogP) is 1.83. The third-order valence-electron chi connectivity index (χ3n) is 4.06. The molecule has 1 fully saturated rings. The minimum atomic E-state index is 0.0472. The van der Waals surface area contributed by atoms with Crippen LogP contribution in [0.3, 0.4) is 0 Å². The summed E-state index contributed by atoms with van der Waals surface area (Å²) in [6.07, 6.45) is 2.46. The standard InChI is InChI=1S/C13H17ClN6O/c1-7-8(2)13(19-17-11(7)14)20-5-9(21-3)4-10(20)12-15-6-16-18-12/h6,9-10H,4-5H2,1-3H3,(H,15,16,18)/t9-,10+/m1/s1. The second-order valence-corrected chi connectivity index (χ2v) is 5.55. The molecule has 8 heteroatoms. The molecular weight excluding hydrogens is 292 g/mol. The molecule has 2 atom stereocenters. The van der Waals surface area contributed by atoms with Gasteiger partial charge in [-0.05, 0) is 25.0 Å². The highest BCUT2D eigenvalue weighted by Gasteiger charge is 2.37. The zero-order chi connectivity index (χ0) is 15.0. The van der Waals surface area contributed by atoms with Crippen LogP contribution < -0.4 is 4.90 Å². The molecule has 3 rings (SSSR count). The lowest BCUT2D eigenvalue weighted by Crippen LogP contribution is -2.27. The van der Waals surface area contributed by atoms with Gasteiger partial charge < -0.3 is 9.64 Å². The Labute approximate surface area is 127 Å². The highest BCUT2D eigenvalue weighted by atomic mass is 35.5. The van der Waals surface area contributed by atoms with E-state index in [-0.39, 0.29) is 12.1 Å². The molecule has 0 radical (unpaired) electrons. The maximum atomic E-state index is 6.04. The van der Waals surface area contributed by atoms with Crippen LogP contribution in [-0.2, 0) is 4.74 Å². The summed E-state index contributed by atoms with van der Waals surface area (Å²) in [5.41, 5.74) is 1.97. The molecule has 0 aliphatic carbocycles. The molecule has 0 bridgehead atoms. The Bertz CT molecular complexity index is 632. The second-order valence-electron chi connectivity index (χ2n) is 5.20.